The smallest absolute Gasteiger partial charge is 0.272 e. The number of hydrogen-bond donors (Lipinski definition) is 0. The Bertz CT molecular complexity index is 1550. The predicted molar refractivity (Wildman–Crippen MR) is 163 cm³/mol. The van der Waals surface area contributed by atoms with Crippen molar-refractivity contribution in [2.24, 2.45) is 11.3 Å². The van der Waals surface area contributed by atoms with Crippen LogP contribution in [0.15, 0.2) is 66.7 Å². The molecule has 1 amide bonds. The van der Waals surface area contributed by atoms with Gasteiger partial charge in [0.1, 0.15) is 28.8 Å². The Morgan fingerprint density at radius 1 is 0.977 bits per heavy atom. The highest BCUT2D eigenvalue weighted by molar-refractivity contribution is 7.89. The Morgan fingerprint density at radius 3 is 2.28 bits per heavy atom. The van der Waals surface area contributed by atoms with Crippen LogP contribution >= 0.6 is 0 Å². The Balaban J connectivity index is 1.16. The quantitative estimate of drug-likeness (QED) is 0.299. The van der Waals surface area contributed by atoms with Crippen molar-refractivity contribution in [2.75, 3.05) is 31.9 Å². The van der Waals surface area contributed by atoms with Gasteiger partial charge >= 0.3 is 0 Å². The molecule has 8 nitrogen and oxygen atoms in total. The van der Waals surface area contributed by atoms with E-state index in [-0.39, 0.29) is 47.7 Å². The molecule has 43 heavy (non-hydrogen) atoms. The van der Waals surface area contributed by atoms with Crippen LogP contribution in [-0.4, -0.2) is 66.2 Å². The standard InChI is InChI=1S/C33H38FN3O5S/c1-33(2,25-5-3-6-27(38)23-25)17-22-43(40,41)37-20-18-36(19-21-37)32(39)31-8-4-7-30(35-31)24-9-13-28(14-10-24)42-29-15-11-26(34)12-16-29/h4,7-16,25H,3,5-6,17-23H2,1-2H3. The largest absolute Gasteiger partial charge is 0.457 e. The van der Waals surface area contributed by atoms with Gasteiger partial charge in [-0.3, -0.25) is 9.59 Å². The number of hydrogen-bond acceptors (Lipinski definition) is 6. The number of aromatic nitrogens is 1. The molecule has 1 aliphatic carbocycles. The first-order chi connectivity index (χ1) is 20.5. The summed E-state index contributed by atoms with van der Waals surface area (Å²) in [6, 6.07) is 18.3. The summed E-state index contributed by atoms with van der Waals surface area (Å²) in [5, 5.41) is 0. The van der Waals surface area contributed by atoms with E-state index in [9.17, 15) is 22.4 Å². The van der Waals surface area contributed by atoms with E-state index in [1.807, 2.05) is 18.2 Å². The zero-order valence-electron chi connectivity index (χ0n) is 24.7. The molecule has 1 saturated carbocycles. The van der Waals surface area contributed by atoms with Crippen molar-refractivity contribution in [3.05, 3.63) is 78.2 Å². The van der Waals surface area contributed by atoms with E-state index >= 15 is 0 Å². The lowest BCUT2D eigenvalue weighted by Gasteiger charge is -2.38. The highest BCUT2D eigenvalue weighted by atomic mass is 32.2. The average Bonchev–Trinajstić information content (AvgIpc) is 3.01. The summed E-state index contributed by atoms with van der Waals surface area (Å²) in [6.45, 7) is 5.20. The third-order valence-corrected chi connectivity index (χ3v) is 10.6. The second kappa shape index (κ2) is 12.9. The minimum absolute atomic E-state index is 0.0377. The van der Waals surface area contributed by atoms with Crippen LogP contribution in [0.4, 0.5) is 4.39 Å². The lowest BCUT2D eigenvalue weighted by Crippen LogP contribution is -2.51. The predicted octanol–water partition coefficient (Wildman–Crippen LogP) is 5.94. The summed E-state index contributed by atoms with van der Waals surface area (Å²) in [5.74, 6) is 1.07. The molecule has 0 N–H and O–H groups in total. The molecular formula is C33H38FN3O5S. The van der Waals surface area contributed by atoms with E-state index in [1.165, 1.54) is 16.4 Å². The molecule has 2 heterocycles. The highest BCUT2D eigenvalue weighted by Crippen LogP contribution is 2.40. The van der Waals surface area contributed by atoms with E-state index in [1.54, 1.807) is 41.3 Å². The van der Waals surface area contributed by atoms with Crippen molar-refractivity contribution < 1.29 is 27.1 Å². The Labute approximate surface area is 252 Å². The zero-order chi connectivity index (χ0) is 30.6. The van der Waals surface area contributed by atoms with Gasteiger partial charge in [0.15, 0.2) is 0 Å². The van der Waals surface area contributed by atoms with Crippen LogP contribution in [0, 0.1) is 17.2 Å². The van der Waals surface area contributed by atoms with Gasteiger partial charge in [0, 0.05) is 44.6 Å². The molecule has 228 valence electrons. The second-order valence-corrected chi connectivity index (χ2v) is 14.2. The molecular weight excluding hydrogens is 569 g/mol. The summed E-state index contributed by atoms with van der Waals surface area (Å²) in [6.07, 6.45) is 3.53. The Hall–Kier alpha value is -3.63. The van der Waals surface area contributed by atoms with Crippen molar-refractivity contribution in [3.8, 4) is 22.8 Å². The lowest BCUT2D eigenvalue weighted by molar-refractivity contribution is -0.122. The van der Waals surface area contributed by atoms with Crippen molar-refractivity contribution in [3.63, 3.8) is 0 Å². The second-order valence-electron chi connectivity index (χ2n) is 12.1. The van der Waals surface area contributed by atoms with Crippen molar-refractivity contribution >= 4 is 21.7 Å². The van der Waals surface area contributed by atoms with Gasteiger partial charge in [-0.2, -0.15) is 4.31 Å². The number of ether oxygens (including phenoxy) is 1. The lowest BCUT2D eigenvalue weighted by atomic mass is 9.69. The molecule has 1 unspecified atom stereocenters. The minimum atomic E-state index is -3.48. The van der Waals surface area contributed by atoms with Crippen LogP contribution in [0.25, 0.3) is 11.3 Å². The average molecular weight is 608 g/mol. The van der Waals surface area contributed by atoms with Crippen molar-refractivity contribution in [1.29, 1.82) is 0 Å². The molecule has 3 aromatic rings. The number of ketones is 1. The zero-order valence-corrected chi connectivity index (χ0v) is 25.5. The number of benzene rings is 2. The van der Waals surface area contributed by atoms with Crippen molar-refractivity contribution in [1.82, 2.24) is 14.2 Å². The molecule has 1 saturated heterocycles. The van der Waals surface area contributed by atoms with Gasteiger partial charge in [-0.15, -0.1) is 0 Å². The normalized spacial score (nSPS) is 18.4. The van der Waals surface area contributed by atoms with Crippen LogP contribution in [0.5, 0.6) is 11.5 Å². The molecule has 1 aliphatic heterocycles. The fraction of sp³-hybridized carbons (Fsp3) is 0.424. The van der Waals surface area contributed by atoms with E-state index in [0.29, 0.717) is 55.2 Å². The van der Waals surface area contributed by atoms with Crippen LogP contribution < -0.4 is 4.74 Å². The summed E-state index contributed by atoms with van der Waals surface area (Å²) >= 11 is 0. The number of rotatable bonds is 9. The summed E-state index contributed by atoms with van der Waals surface area (Å²) in [4.78, 5) is 31.5. The van der Waals surface area contributed by atoms with Crippen LogP contribution in [-0.2, 0) is 14.8 Å². The number of pyridine rings is 1. The topological polar surface area (TPSA) is 96.9 Å². The fourth-order valence-corrected chi connectivity index (χ4v) is 7.56. The minimum Gasteiger partial charge on any atom is -0.457 e. The number of sulfonamides is 1. The number of piperazine rings is 1. The maximum Gasteiger partial charge on any atom is 0.272 e. The SMILES string of the molecule is CC(C)(CCS(=O)(=O)N1CCN(C(=O)c2cccc(-c3ccc(Oc4ccc(F)cc4)cc3)n2)CC1)C1CCCC(=O)C1. The Morgan fingerprint density at radius 2 is 1.63 bits per heavy atom. The van der Waals surface area contributed by atoms with Gasteiger partial charge in [-0.25, -0.2) is 17.8 Å². The maximum absolute atomic E-state index is 13.3. The van der Waals surface area contributed by atoms with Gasteiger partial charge < -0.3 is 9.64 Å². The van der Waals surface area contributed by atoms with E-state index in [2.05, 4.69) is 18.8 Å². The molecule has 0 spiro atoms. The third kappa shape index (κ3) is 7.67. The van der Waals surface area contributed by atoms with Gasteiger partial charge in [-0.1, -0.05) is 19.9 Å². The summed E-state index contributed by atoms with van der Waals surface area (Å²) < 4.78 is 46.8. The number of halogens is 1. The summed E-state index contributed by atoms with van der Waals surface area (Å²) in [5.41, 5.74) is 1.50. The first kappa shape index (κ1) is 30.8. The number of carbonyl (C=O) groups excluding carboxylic acids is 2. The Kier molecular flexibility index (Phi) is 9.27. The molecule has 1 atom stereocenters. The van der Waals surface area contributed by atoms with Crippen LogP contribution in [0.3, 0.4) is 0 Å². The first-order valence-corrected chi connectivity index (χ1v) is 16.4. The maximum atomic E-state index is 13.3. The molecule has 10 heteroatoms. The summed E-state index contributed by atoms with van der Waals surface area (Å²) in [7, 11) is -3.48. The van der Waals surface area contributed by atoms with Gasteiger partial charge in [0.05, 0.1) is 11.4 Å². The number of carbonyl (C=O) groups is 2. The number of amides is 1. The van der Waals surface area contributed by atoms with Crippen molar-refractivity contribution in [2.45, 2.75) is 46.0 Å². The van der Waals surface area contributed by atoms with E-state index in [4.69, 9.17) is 4.74 Å². The molecule has 2 fully saturated rings. The molecule has 2 aromatic carbocycles. The number of Topliss-reactive ketones (excluding diaryl/α,β-unsaturated/α-hetero) is 1. The molecule has 5 rings (SSSR count). The third-order valence-electron chi connectivity index (χ3n) is 8.68. The van der Waals surface area contributed by atoms with Gasteiger partial charge in [0.25, 0.3) is 5.91 Å². The molecule has 2 aliphatic rings. The first-order valence-electron chi connectivity index (χ1n) is 14.8. The van der Waals surface area contributed by atoms with E-state index < -0.39 is 10.0 Å². The molecule has 0 bridgehead atoms. The monoisotopic (exact) mass is 607 g/mol. The van der Waals surface area contributed by atoms with Gasteiger partial charge in [0.2, 0.25) is 10.0 Å². The fourth-order valence-electron chi connectivity index (χ4n) is 5.80. The molecule has 0 radical (unpaired) electrons. The van der Waals surface area contributed by atoms with E-state index in [0.717, 1.165) is 18.4 Å². The number of nitrogens with zero attached hydrogens (tertiary/aromatic N) is 3. The van der Waals surface area contributed by atoms with Crippen LogP contribution in [0.1, 0.15) is 56.4 Å². The molecule has 1 aromatic heterocycles. The van der Waals surface area contributed by atoms with Crippen LogP contribution in [0.2, 0.25) is 0 Å². The highest BCUT2D eigenvalue weighted by Gasteiger charge is 2.36. The van der Waals surface area contributed by atoms with Gasteiger partial charge in [-0.05, 0) is 91.3 Å².